The van der Waals surface area contributed by atoms with Gasteiger partial charge in [0.2, 0.25) is 0 Å². The molecule has 4 N–H and O–H groups in total. The number of piperidine rings is 1. The summed E-state index contributed by atoms with van der Waals surface area (Å²) in [7, 11) is 0. The van der Waals surface area contributed by atoms with E-state index in [4.69, 9.17) is 5.73 Å². The Morgan fingerprint density at radius 2 is 2.13 bits per heavy atom. The average molecular weight is 401 g/mol. The fraction of sp³-hybridized carbons (Fsp3) is 0.333. The van der Waals surface area contributed by atoms with Crippen molar-refractivity contribution >= 4 is 28.4 Å². The Morgan fingerprint density at radius 3 is 2.93 bits per heavy atom. The zero-order valence-corrected chi connectivity index (χ0v) is 17.4. The van der Waals surface area contributed by atoms with Gasteiger partial charge in [-0.15, -0.1) is 0 Å². The molecule has 1 fully saturated rings. The molecule has 0 saturated carbocycles. The number of nitrogens with two attached hydrogens (primary N) is 1. The molecule has 30 heavy (non-hydrogen) atoms. The lowest BCUT2D eigenvalue weighted by atomic mass is 10.1. The number of pyridine rings is 1. The van der Waals surface area contributed by atoms with Crippen molar-refractivity contribution in [1.82, 2.24) is 14.9 Å². The molecule has 6 heteroatoms. The van der Waals surface area contributed by atoms with Gasteiger partial charge in [0.05, 0.1) is 11.3 Å². The van der Waals surface area contributed by atoms with E-state index in [0.29, 0.717) is 11.6 Å². The van der Waals surface area contributed by atoms with Crippen molar-refractivity contribution in [2.45, 2.75) is 32.2 Å². The van der Waals surface area contributed by atoms with Gasteiger partial charge in [-0.2, -0.15) is 5.26 Å². The molecule has 2 aromatic heterocycles. The van der Waals surface area contributed by atoms with E-state index in [2.05, 4.69) is 57.5 Å². The second-order valence-corrected chi connectivity index (χ2v) is 7.94. The molecule has 0 unspecified atom stereocenters. The number of benzene rings is 1. The first kappa shape index (κ1) is 20.1. The highest BCUT2D eigenvalue weighted by atomic mass is 15.1. The molecule has 6 nitrogen and oxygen atoms in total. The number of likely N-dealkylation sites (tertiary alicyclic amines) is 1. The number of aryl methyl sites for hydroxylation is 1. The highest BCUT2D eigenvalue weighted by Gasteiger charge is 2.15. The summed E-state index contributed by atoms with van der Waals surface area (Å²) in [5.74, 6) is 0. The SMILES string of the molecule is Cc1c(Nc2c(C#N)cncc2C=CCCN2CCC(N)CC2)ccc2[nH]ccc12. The predicted molar refractivity (Wildman–Crippen MR) is 123 cm³/mol. The normalized spacial score (nSPS) is 15.6. The molecule has 0 radical (unpaired) electrons. The molecule has 3 aromatic rings. The van der Waals surface area contributed by atoms with E-state index in [1.807, 2.05) is 18.5 Å². The molecule has 1 aliphatic heterocycles. The van der Waals surface area contributed by atoms with Crippen LogP contribution in [0.15, 0.2) is 42.9 Å². The number of nitrogens with zero attached hydrogens (tertiary/aromatic N) is 3. The van der Waals surface area contributed by atoms with Crippen LogP contribution < -0.4 is 11.1 Å². The predicted octanol–water partition coefficient (Wildman–Crippen LogP) is 4.31. The first-order valence-electron chi connectivity index (χ1n) is 10.5. The van der Waals surface area contributed by atoms with Crippen LogP contribution in [0.3, 0.4) is 0 Å². The second kappa shape index (κ2) is 9.12. The standard InChI is InChI=1S/C24H28N6/c1-17-21-7-10-28-23(21)6-5-22(17)29-24-18(15-27-16-19(24)14-25)4-2-3-11-30-12-8-20(26)9-13-30/h2,4-7,10,15-16,20,28H,3,8-9,11-13,26H2,1H3,(H,27,29). The van der Waals surface area contributed by atoms with Gasteiger partial charge in [-0.05, 0) is 63.0 Å². The van der Waals surface area contributed by atoms with Crippen molar-refractivity contribution in [1.29, 1.82) is 5.26 Å². The Balaban J connectivity index is 1.51. The first-order chi connectivity index (χ1) is 14.7. The third-order valence-corrected chi connectivity index (χ3v) is 5.90. The monoisotopic (exact) mass is 400 g/mol. The second-order valence-electron chi connectivity index (χ2n) is 7.94. The van der Waals surface area contributed by atoms with Crippen LogP contribution in [-0.2, 0) is 0 Å². The zero-order valence-electron chi connectivity index (χ0n) is 17.4. The van der Waals surface area contributed by atoms with Gasteiger partial charge in [-0.3, -0.25) is 4.98 Å². The van der Waals surface area contributed by atoms with Gasteiger partial charge in [0.25, 0.3) is 0 Å². The molecular formula is C24H28N6. The van der Waals surface area contributed by atoms with Crippen molar-refractivity contribution in [2.75, 3.05) is 25.0 Å². The van der Waals surface area contributed by atoms with Gasteiger partial charge in [-0.1, -0.05) is 12.2 Å². The highest BCUT2D eigenvalue weighted by Crippen LogP contribution is 2.30. The van der Waals surface area contributed by atoms with Crippen LogP contribution in [0, 0.1) is 18.3 Å². The molecule has 154 valence electrons. The van der Waals surface area contributed by atoms with Gasteiger partial charge in [0.1, 0.15) is 6.07 Å². The topological polar surface area (TPSA) is 93.8 Å². The lowest BCUT2D eigenvalue weighted by molar-refractivity contribution is 0.217. The molecule has 0 bridgehead atoms. The minimum atomic E-state index is 0.360. The van der Waals surface area contributed by atoms with E-state index in [1.165, 1.54) is 5.39 Å². The van der Waals surface area contributed by atoms with E-state index in [1.54, 1.807) is 6.20 Å². The minimum absolute atomic E-state index is 0.360. The number of aromatic amines is 1. The number of H-pyrrole nitrogens is 1. The number of fused-ring (bicyclic) bond motifs is 1. The Bertz CT molecular complexity index is 1080. The summed E-state index contributed by atoms with van der Waals surface area (Å²) in [5, 5.41) is 14.3. The molecule has 1 saturated heterocycles. The molecule has 0 spiro atoms. The molecule has 0 atom stereocenters. The van der Waals surface area contributed by atoms with Gasteiger partial charge in [-0.25, -0.2) is 0 Å². The van der Waals surface area contributed by atoms with Crippen LogP contribution in [0.4, 0.5) is 11.4 Å². The summed E-state index contributed by atoms with van der Waals surface area (Å²) in [5.41, 5.74) is 11.5. The van der Waals surface area contributed by atoms with Gasteiger partial charge >= 0.3 is 0 Å². The number of hydrogen-bond donors (Lipinski definition) is 3. The van der Waals surface area contributed by atoms with Crippen molar-refractivity contribution in [3.63, 3.8) is 0 Å². The lowest BCUT2D eigenvalue weighted by Crippen LogP contribution is -2.39. The maximum absolute atomic E-state index is 9.62. The quantitative estimate of drug-likeness (QED) is 0.573. The van der Waals surface area contributed by atoms with Gasteiger partial charge in [0, 0.05) is 53.3 Å². The molecule has 1 aliphatic rings. The molecule has 4 rings (SSSR count). The first-order valence-corrected chi connectivity index (χ1v) is 10.5. The number of nitrogens with one attached hydrogen (secondary N) is 2. The third kappa shape index (κ3) is 4.38. The van der Waals surface area contributed by atoms with Gasteiger partial charge in [0.15, 0.2) is 0 Å². The van der Waals surface area contributed by atoms with Crippen LogP contribution >= 0.6 is 0 Å². The van der Waals surface area contributed by atoms with E-state index in [9.17, 15) is 5.26 Å². The summed E-state index contributed by atoms with van der Waals surface area (Å²) in [4.78, 5) is 9.96. The summed E-state index contributed by atoms with van der Waals surface area (Å²) >= 11 is 0. The highest BCUT2D eigenvalue weighted by molar-refractivity contribution is 5.89. The minimum Gasteiger partial charge on any atom is -0.361 e. The van der Waals surface area contributed by atoms with Crippen LogP contribution in [-0.4, -0.2) is 40.5 Å². The fourth-order valence-electron chi connectivity index (χ4n) is 4.03. The van der Waals surface area contributed by atoms with Crippen LogP contribution in [0.2, 0.25) is 0 Å². The number of rotatable bonds is 6. The lowest BCUT2D eigenvalue weighted by Gasteiger charge is -2.29. The molecule has 1 aromatic carbocycles. The summed E-state index contributed by atoms with van der Waals surface area (Å²) < 4.78 is 0. The average Bonchev–Trinajstić information content (AvgIpc) is 3.25. The number of anilines is 2. The summed E-state index contributed by atoms with van der Waals surface area (Å²) in [6.45, 7) is 5.27. The van der Waals surface area contributed by atoms with E-state index in [-0.39, 0.29) is 0 Å². The van der Waals surface area contributed by atoms with Crippen molar-refractivity contribution < 1.29 is 0 Å². The Hall–Kier alpha value is -3.14. The van der Waals surface area contributed by atoms with E-state index >= 15 is 0 Å². The summed E-state index contributed by atoms with van der Waals surface area (Å²) in [6, 6.07) is 8.80. The van der Waals surface area contributed by atoms with Crippen molar-refractivity contribution in [3.05, 3.63) is 59.6 Å². The molecular weight excluding hydrogens is 372 g/mol. The summed E-state index contributed by atoms with van der Waals surface area (Å²) in [6.07, 6.45) is 12.7. The van der Waals surface area contributed by atoms with Crippen LogP contribution in [0.5, 0.6) is 0 Å². The Labute approximate surface area is 177 Å². The van der Waals surface area contributed by atoms with Gasteiger partial charge < -0.3 is 20.9 Å². The zero-order chi connectivity index (χ0) is 20.9. The third-order valence-electron chi connectivity index (χ3n) is 5.90. The fourth-order valence-corrected chi connectivity index (χ4v) is 4.03. The van der Waals surface area contributed by atoms with Crippen LogP contribution in [0.1, 0.15) is 36.0 Å². The van der Waals surface area contributed by atoms with Crippen molar-refractivity contribution in [2.24, 2.45) is 5.73 Å². The van der Waals surface area contributed by atoms with E-state index < -0.39 is 0 Å². The number of aromatic nitrogens is 2. The maximum atomic E-state index is 9.62. The Kier molecular flexibility index (Phi) is 6.12. The maximum Gasteiger partial charge on any atom is 0.103 e. The Morgan fingerprint density at radius 1 is 1.30 bits per heavy atom. The van der Waals surface area contributed by atoms with Crippen LogP contribution in [0.25, 0.3) is 17.0 Å². The largest absolute Gasteiger partial charge is 0.361 e. The smallest absolute Gasteiger partial charge is 0.103 e. The molecule has 0 amide bonds. The van der Waals surface area contributed by atoms with E-state index in [0.717, 1.165) is 66.9 Å². The molecule has 3 heterocycles. The number of nitriles is 1. The van der Waals surface area contributed by atoms with Crippen molar-refractivity contribution in [3.8, 4) is 6.07 Å². The number of hydrogen-bond acceptors (Lipinski definition) is 5. The molecule has 0 aliphatic carbocycles.